The highest BCUT2D eigenvalue weighted by Gasteiger charge is 2.26. The van der Waals surface area contributed by atoms with Crippen LogP contribution in [0.25, 0.3) is 22.2 Å². The lowest BCUT2D eigenvalue weighted by molar-refractivity contribution is 0.130. The number of aromatic amines is 1. The molecule has 1 aromatic carbocycles. The van der Waals surface area contributed by atoms with Gasteiger partial charge in [-0.1, -0.05) is 6.07 Å². The minimum atomic E-state index is -0.979. The summed E-state index contributed by atoms with van der Waals surface area (Å²) in [5.41, 5.74) is 8.12. The first-order valence-corrected chi connectivity index (χ1v) is 8.23. The van der Waals surface area contributed by atoms with Crippen molar-refractivity contribution in [3.8, 4) is 11.1 Å². The van der Waals surface area contributed by atoms with Gasteiger partial charge in [-0.3, -0.25) is 4.98 Å². The van der Waals surface area contributed by atoms with Gasteiger partial charge >= 0.3 is 0 Å². The van der Waals surface area contributed by atoms with Crippen LogP contribution in [0.3, 0.4) is 0 Å². The molecule has 4 rings (SSSR count). The van der Waals surface area contributed by atoms with Crippen LogP contribution in [-0.2, 0) is 4.74 Å². The van der Waals surface area contributed by atoms with E-state index in [9.17, 15) is 8.78 Å². The Kier molecular flexibility index (Phi) is 4.29. The second-order valence-electron chi connectivity index (χ2n) is 6.09. The number of nitrogens with one attached hydrogen (secondary N) is 1. The molecule has 0 aliphatic rings. The summed E-state index contributed by atoms with van der Waals surface area (Å²) in [7, 11) is 1.39. The number of nitrogens with zero attached hydrogens (tertiary/aromatic N) is 2. The Bertz CT molecular complexity index is 1110. The maximum atomic E-state index is 14.6. The fraction of sp³-hybridized carbons (Fsp3) is 0.100. The van der Waals surface area contributed by atoms with E-state index in [1.54, 1.807) is 24.8 Å². The fourth-order valence-electron chi connectivity index (χ4n) is 3.16. The zero-order valence-corrected chi connectivity index (χ0v) is 14.4. The van der Waals surface area contributed by atoms with Crippen molar-refractivity contribution in [3.63, 3.8) is 0 Å². The Morgan fingerprint density at radius 3 is 2.74 bits per heavy atom. The lowest BCUT2D eigenvalue weighted by Crippen LogP contribution is -2.10. The molecule has 3 aromatic heterocycles. The first-order chi connectivity index (χ1) is 13.1. The molecule has 3 heterocycles. The van der Waals surface area contributed by atoms with E-state index in [4.69, 9.17) is 10.5 Å². The van der Waals surface area contributed by atoms with Crippen LogP contribution >= 0.6 is 0 Å². The standard InChI is InChI=1S/C20H16F2N4O/c1-27-19(17-15(21)4-5-16(23)18(17)22)14-10-26-20-13(14)7-12(9-25-20)11-3-2-6-24-8-11/h2-10,19H,23H2,1H3,(H,25,26). The Balaban J connectivity index is 1.89. The van der Waals surface area contributed by atoms with Gasteiger partial charge in [0.15, 0.2) is 5.82 Å². The predicted octanol–water partition coefficient (Wildman–Crippen LogP) is 4.22. The first-order valence-electron chi connectivity index (χ1n) is 8.23. The summed E-state index contributed by atoms with van der Waals surface area (Å²) < 4.78 is 34.4. The Hall–Kier alpha value is -3.32. The van der Waals surface area contributed by atoms with Gasteiger partial charge in [-0.25, -0.2) is 13.8 Å². The summed E-state index contributed by atoms with van der Waals surface area (Å²) in [6, 6.07) is 7.95. The Morgan fingerprint density at radius 2 is 2.00 bits per heavy atom. The first kappa shape index (κ1) is 17.1. The van der Waals surface area contributed by atoms with E-state index in [1.165, 1.54) is 13.2 Å². The molecule has 27 heavy (non-hydrogen) atoms. The van der Waals surface area contributed by atoms with Gasteiger partial charge < -0.3 is 15.5 Å². The summed E-state index contributed by atoms with van der Waals surface area (Å²) in [6.07, 6.45) is 5.78. The van der Waals surface area contributed by atoms with Crippen LogP contribution in [0.15, 0.2) is 55.1 Å². The van der Waals surface area contributed by atoms with Crippen molar-refractivity contribution in [1.29, 1.82) is 0 Å². The van der Waals surface area contributed by atoms with E-state index in [1.807, 2.05) is 18.2 Å². The summed E-state index contributed by atoms with van der Waals surface area (Å²) in [6.45, 7) is 0. The Morgan fingerprint density at radius 1 is 1.15 bits per heavy atom. The summed E-state index contributed by atoms with van der Waals surface area (Å²) in [4.78, 5) is 11.5. The number of aromatic nitrogens is 3. The summed E-state index contributed by atoms with van der Waals surface area (Å²) in [5, 5.41) is 0.699. The largest absolute Gasteiger partial charge is 0.396 e. The molecule has 3 N–H and O–H groups in total. The molecule has 0 saturated carbocycles. The number of halogens is 2. The van der Waals surface area contributed by atoms with Gasteiger partial charge in [0.25, 0.3) is 0 Å². The number of anilines is 1. The summed E-state index contributed by atoms with van der Waals surface area (Å²) in [5.74, 6) is -1.55. The Labute approximate surface area is 153 Å². The van der Waals surface area contributed by atoms with E-state index < -0.39 is 17.7 Å². The van der Waals surface area contributed by atoms with E-state index in [0.29, 0.717) is 16.6 Å². The number of rotatable bonds is 4. The minimum absolute atomic E-state index is 0.137. The van der Waals surface area contributed by atoms with Crippen LogP contribution in [-0.4, -0.2) is 22.1 Å². The predicted molar refractivity (Wildman–Crippen MR) is 98.9 cm³/mol. The number of fused-ring (bicyclic) bond motifs is 1. The zero-order chi connectivity index (χ0) is 19.0. The monoisotopic (exact) mass is 366 g/mol. The van der Waals surface area contributed by atoms with Crippen LogP contribution in [0.2, 0.25) is 0 Å². The van der Waals surface area contributed by atoms with E-state index >= 15 is 0 Å². The highest BCUT2D eigenvalue weighted by atomic mass is 19.1. The van der Waals surface area contributed by atoms with Crippen molar-refractivity contribution in [3.05, 3.63) is 77.9 Å². The molecule has 5 nitrogen and oxygen atoms in total. The fourth-order valence-corrected chi connectivity index (χ4v) is 3.16. The molecule has 0 aliphatic carbocycles. The topological polar surface area (TPSA) is 76.8 Å². The molecule has 0 amide bonds. The van der Waals surface area contributed by atoms with E-state index in [-0.39, 0.29) is 11.3 Å². The molecular weight excluding hydrogens is 350 g/mol. The maximum absolute atomic E-state index is 14.6. The molecule has 0 aliphatic heterocycles. The number of nitrogen functional groups attached to an aromatic ring is 1. The molecule has 0 radical (unpaired) electrons. The van der Waals surface area contributed by atoms with Gasteiger partial charge in [-0.05, 0) is 24.3 Å². The number of nitrogens with two attached hydrogens (primary N) is 1. The van der Waals surface area contributed by atoms with Crippen molar-refractivity contribution < 1.29 is 13.5 Å². The number of pyridine rings is 2. The van der Waals surface area contributed by atoms with Crippen molar-refractivity contribution in [2.45, 2.75) is 6.10 Å². The molecule has 0 bridgehead atoms. The molecule has 0 spiro atoms. The van der Waals surface area contributed by atoms with E-state index in [0.717, 1.165) is 17.2 Å². The third-order valence-electron chi connectivity index (χ3n) is 4.49. The number of hydrogen-bond donors (Lipinski definition) is 2. The van der Waals surface area contributed by atoms with Gasteiger partial charge in [0.1, 0.15) is 17.6 Å². The quantitative estimate of drug-likeness (QED) is 0.530. The second-order valence-corrected chi connectivity index (χ2v) is 6.09. The lowest BCUT2D eigenvalue weighted by atomic mass is 9.98. The average Bonchev–Trinajstić information content (AvgIpc) is 3.12. The second kappa shape index (κ2) is 6.77. The smallest absolute Gasteiger partial charge is 0.155 e. The normalized spacial score (nSPS) is 12.4. The van der Waals surface area contributed by atoms with Gasteiger partial charge in [-0.15, -0.1) is 0 Å². The molecule has 4 aromatic rings. The minimum Gasteiger partial charge on any atom is -0.396 e. The molecule has 0 saturated heterocycles. The highest BCUT2D eigenvalue weighted by molar-refractivity contribution is 5.85. The number of hydrogen-bond acceptors (Lipinski definition) is 4. The molecule has 7 heteroatoms. The average molecular weight is 366 g/mol. The van der Waals surface area contributed by atoms with Crippen molar-refractivity contribution in [1.82, 2.24) is 15.0 Å². The third kappa shape index (κ3) is 2.92. The van der Waals surface area contributed by atoms with Gasteiger partial charge in [0, 0.05) is 54.0 Å². The molecule has 1 atom stereocenters. The number of H-pyrrole nitrogens is 1. The highest BCUT2D eigenvalue weighted by Crippen LogP contribution is 2.36. The van der Waals surface area contributed by atoms with Gasteiger partial charge in [0.05, 0.1) is 11.3 Å². The lowest BCUT2D eigenvalue weighted by Gasteiger charge is -2.18. The van der Waals surface area contributed by atoms with Crippen molar-refractivity contribution in [2.24, 2.45) is 0 Å². The van der Waals surface area contributed by atoms with Crippen LogP contribution in [0.1, 0.15) is 17.2 Å². The maximum Gasteiger partial charge on any atom is 0.155 e. The van der Waals surface area contributed by atoms with Crippen molar-refractivity contribution >= 4 is 16.7 Å². The SMILES string of the molecule is COC(c1c(F)ccc(N)c1F)c1c[nH]c2ncc(-c3cccnc3)cc12. The van der Waals surface area contributed by atoms with Crippen LogP contribution in [0.4, 0.5) is 14.5 Å². The van der Waals surface area contributed by atoms with Gasteiger partial charge in [0.2, 0.25) is 0 Å². The molecule has 1 unspecified atom stereocenters. The van der Waals surface area contributed by atoms with E-state index in [2.05, 4.69) is 15.0 Å². The molecule has 136 valence electrons. The van der Waals surface area contributed by atoms with Crippen LogP contribution < -0.4 is 5.73 Å². The number of methoxy groups -OCH3 is 1. The summed E-state index contributed by atoms with van der Waals surface area (Å²) >= 11 is 0. The molecule has 0 fully saturated rings. The van der Waals surface area contributed by atoms with Gasteiger partial charge in [-0.2, -0.15) is 0 Å². The number of ether oxygens (including phenoxy) is 1. The van der Waals surface area contributed by atoms with Crippen molar-refractivity contribution in [2.75, 3.05) is 12.8 Å². The zero-order valence-electron chi connectivity index (χ0n) is 14.4. The number of benzene rings is 1. The molecular formula is C20H16F2N4O. The third-order valence-corrected chi connectivity index (χ3v) is 4.49. The van der Waals surface area contributed by atoms with Crippen LogP contribution in [0, 0.1) is 11.6 Å². The van der Waals surface area contributed by atoms with Crippen LogP contribution in [0.5, 0.6) is 0 Å².